The summed E-state index contributed by atoms with van der Waals surface area (Å²) >= 11 is 3.45. The summed E-state index contributed by atoms with van der Waals surface area (Å²) in [5.41, 5.74) is 4.57. The molecule has 1 N–H and O–H groups in total. The van der Waals surface area contributed by atoms with Crippen LogP contribution in [0, 0.1) is 0 Å². The fraction of sp³-hybridized carbons (Fsp3) is 0.0741. The van der Waals surface area contributed by atoms with Crippen molar-refractivity contribution in [2.24, 2.45) is 0 Å². The van der Waals surface area contributed by atoms with Crippen LogP contribution < -0.4 is 5.32 Å². The van der Waals surface area contributed by atoms with Gasteiger partial charge < -0.3 is 9.72 Å². The molecule has 0 aliphatic carbocycles. The molecule has 1 amide bonds. The smallest absolute Gasteiger partial charge is 0.255 e. The Kier molecular flexibility index (Phi) is 6.93. The molecule has 3 aromatic heterocycles. The Bertz CT molecular complexity index is 1350. The van der Waals surface area contributed by atoms with Crippen LogP contribution in [0.2, 0.25) is 0 Å². The lowest BCUT2D eigenvalue weighted by atomic mass is 10.2. The van der Waals surface area contributed by atoms with E-state index in [1.54, 1.807) is 29.7 Å². The van der Waals surface area contributed by atoms with Crippen LogP contribution in [0.5, 0.6) is 0 Å². The number of benzene rings is 2. The van der Waals surface area contributed by atoms with E-state index in [0.29, 0.717) is 5.56 Å². The van der Waals surface area contributed by atoms with E-state index in [0.717, 1.165) is 38.3 Å². The molecule has 3 heterocycles. The zero-order valence-electron chi connectivity index (χ0n) is 18.3. The van der Waals surface area contributed by atoms with Crippen molar-refractivity contribution < 1.29 is 4.79 Å². The normalized spacial score (nSPS) is 10.9. The van der Waals surface area contributed by atoms with Gasteiger partial charge in [0.05, 0.1) is 5.69 Å². The minimum Gasteiger partial charge on any atom is -0.322 e. The lowest BCUT2D eigenvalue weighted by Crippen LogP contribution is -2.11. The second-order valence-corrected chi connectivity index (χ2v) is 9.74. The summed E-state index contributed by atoms with van der Waals surface area (Å²) in [6.45, 7) is 0. The fourth-order valence-electron chi connectivity index (χ4n) is 3.40. The number of rotatable bonds is 8. The molecule has 7 heteroatoms. The average Bonchev–Trinajstić information content (AvgIpc) is 3.31. The molecule has 5 rings (SSSR count). The molecular weight excluding hydrogens is 460 g/mol. The van der Waals surface area contributed by atoms with Gasteiger partial charge in [-0.2, -0.15) is 0 Å². The van der Waals surface area contributed by atoms with Gasteiger partial charge in [-0.05, 0) is 72.3 Å². The summed E-state index contributed by atoms with van der Waals surface area (Å²) < 4.78 is 2.02. The summed E-state index contributed by atoms with van der Waals surface area (Å²) in [5, 5.41) is 2.97. The van der Waals surface area contributed by atoms with Crippen LogP contribution in [0.4, 0.5) is 5.69 Å². The maximum atomic E-state index is 12.7. The van der Waals surface area contributed by atoms with Crippen molar-refractivity contribution in [2.45, 2.75) is 21.3 Å². The first kappa shape index (κ1) is 22.3. The Morgan fingerprint density at radius 3 is 2.35 bits per heavy atom. The summed E-state index contributed by atoms with van der Waals surface area (Å²) in [6, 6.07) is 25.6. The number of nitrogens with zero attached hydrogens (tertiary/aromatic N) is 3. The number of amides is 1. The largest absolute Gasteiger partial charge is 0.322 e. The third-order valence-corrected chi connectivity index (χ3v) is 7.29. The molecule has 0 aliphatic rings. The van der Waals surface area contributed by atoms with Crippen LogP contribution in [0.3, 0.4) is 0 Å². The molecular formula is C27H22N4OS2. The van der Waals surface area contributed by atoms with Gasteiger partial charge in [-0.1, -0.05) is 12.1 Å². The molecule has 0 fully saturated rings. The van der Waals surface area contributed by atoms with Crippen molar-refractivity contribution in [3.63, 3.8) is 0 Å². The minimum absolute atomic E-state index is 0.118. The summed E-state index contributed by atoms with van der Waals surface area (Å²) in [6.07, 6.45) is 7.71. The number of aromatic nitrogens is 3. The highest BCUT2D eigenvalue weighted by atomic mass is 32.2. The number of carbonyl (C=O) groups is 1. The van der Waals surface area contributed by atoms with Crippen LogP contribution in [-0.4, -0.2) is 20.3 Å². The minimum atomic E-state index is -0.118. The predicted molar refractivity (Wildman–Crippen MR) is 139 cm³/mol. The van der Waals surface area contributed by atoms with E-state index in [1.165, 1.54) is 5.56 Å². The lowest BCUT2D eigenvalue weighted by Gasteiger charge is -2.07. The molecule has 5 aromatic rings. The Morgan fingerprint density at radius 1 is 0.853 bits per heavy atom. The average molecular weight is 483 g/mol. The number of carbonyl (C=O) groups excluding carboxylic acids is 1. The van der Waals surface area contributed by atoms with Crippen molar-refractivity contribution in [3.05, 3.63) is 120 Å². The number of thioether (sulfide) groups is 2. The van der Waals surface area contributed by atoms with Gasteiger partial charge >= 0.3 is 0 Å². The number of nitrogens with one attached hydrogen (secondary N) is 1. The summed E-state index contributed by atoms with van der Waals surface area (Å²) in [7, 11) is 0. The Hall–Kier alpha value is -3.55. The first-order valence-corrected chi connectivity index (χ1v) is 12.8. The number of imidazole rings is 1. The molecule has 0 saturated carbocycles. The summed E-state index contributed by atoms with van der Waals surface area (Å²) in [4.78, 5) is 23.7. The molecule has 0 atom stereocenters. The van der Waals surface area contributed by atoms with Gasteiger partial charge in [0.2, 0.25) is 0 Å². The van der Waals surface area contributed by atoms with Gasteiger partial charge in [0.1, 0.15) is 5.65 Å². The first-order chi connectivity index (χ1) is 16.7. The van der Waals surface area contributed by atoms with Gasteiger partial charge in [0.15, 0.2) is 0 Å². The molecule has 0 aliphatic heterocycles. The first-order valence-electron chi connectivity index (χ1n) is 10.8. The lowest BCUT2D eigenvalue weighted by molar-refractivity contribution is 0.102. The Morgan fingerprint density at radius 2 is 1.62 bits per heavy atom. The highest BCUT2D eigenvalue weighted by molar-refractivity contribution is 7.98. The van der Waals surface area contributed by atoms with Crippen molar-refractivity contribution in [1.82, 2.24) is 14.4 Å². The van der Waals surface area contributed by atoms with E-state index in [-0.39, 0.29) is 5.91 Å². The van der Waals surface area contributed by atoms with Gasteiger partial charge in [-0.3, -0.25) is 9.78 Å². The number of anilines is 1. The molecule has 0 radical (unpaired) electrons. The molecule has 34 heavy (non-hydrogen) atoms. The zero-order chi connectivity index (χ0) is 23.2. The maximum absolute atomic E-state index is 12.7. The third kappa shape index (κ3) is 5.68. The van der Waals surface area contributed by atoms with Crippen LogP contribution >= 0.6 is 23.5 Å². The van der Waals surface area contributed by atoms with E-state index in [1.807, 2.05) is 95.8 Å². The van der Waals surface area contributed by atoms with E-state index in [4.69, 9.17) is 0 Å². The van der Waals surface area contributed by atoms with E-state index < -0.39 is 0 Å². The number of hydrogen-bond acceptors (Lipinski definition) is 5. The molecule has 168 valence electrons. The van der Waals surface area contributed by atoms with E-state index in [2.05, 4.69) is 21.4 Å². The van der Waals surface area contributed by atoms with Crippen molar-refractivity contribution in [1.29, 1.82) is 0 Å². The standard InChI is InChI=1S/C27H22N4OS2/c32-27(30-22-8-12-25(13-9-22)33-18-20-4-3-14-28-16-20)21-6-10-24(11-7-21)34-19-23-17-31-15-2-1-5-26(31)29-23/h1-17H,18-19H2,(H,30,32). The van der Waals surface area contributed by atoms with Crippen LogP contribution in [0.15, 0.2) is 113 Å². The van der Waals surface area contributed by atoms with Gasteiger partial charge in [0, 0.05) is 57.3 Å². The van der Waals surface area contributed by atoms with Crippen molar-refractivity contribution in [2.75, 3.05) is 5.32 Å². The highest BCUT2D eigenvalue weighted by Gasteiger charge is 2.08. The number of pyridine rings is 2. The molecule has 2 aromatic carbocycles. The van der Waals surface area contributed by atoms with Crippen LogP contribution in [-0.2, 0) is 11.5 Å². The molecule has 0 unspecified atom stereocenters. The predicted octanol–water partition coefficient (Wildman–Crippen LogP) is 6.57. The Labute approximate surface area is 206 Å². The topological polar surface area (TPSA) is 59.3 Å². The van der Waals surface area contributed by atoms with E-state index >= 15 is 0 Å². The second kappa shape index (κ2) is 10.6. The van der Waals surface area contributed by atoms with Crippen LogP contribution in [0.25, 0.3) is 5.65 Å². The quantitative estimate of drug-likeness (QED) is 0.254. The molecule has 0 spiro atoms. The second-order valence-electron chi connectivity index (χ2n) is 7.64. The summed E-state index contributed by atoms with van der Waals surface area (Å²) in [5.74, 6) is 1.52. The maximum Gasteiger partial charge on any atom is 0.255 e. The monoisotopic (exact) mass is 482 g/mol. The fourth-order valence-corrected chi connectivity index (χ4v) is 5.02. The van der Waals surface area contributed by atoms with Crippen molar-refractivity contribution in [3.8, 4) is 0 Å². The van der Waals surface area contributed by atoms with E-state index in [9.17, 15) is 4.79 Å². The SMILES string of the molecule is O=C(Nc1ccc(SCc2cccnc2)cc1)c1ccc(SCc2cn3ccccc3n2)cc1. The van der Waals surface area contributed by atoms with Gasteiger partial charge in [-0.25, -0.2) is 4.98 Å². The molecule has 0 bridgehead atoms. The van der Waals surface area contributed by atoms with Gasteiger partial charge in [0.25, 0.3) is 5.91 Å². The zero-order valence-corrected chi connectivity index (χ0v) is 19.9. The highest BCUT2D eigenvalue weighted by Crippen LogP contribution is 2.25. The molecule has 0 saturated heterocycles. The van der Waals surface area contributed by atoms with Gasteiger partial charge in [-0.15, -0.1) is 23.5 Å². The van der Waals surface area contributed by atoms with Crippen molar-refractivity contribution >= 4 is 40.8 Å². The van der Waals surface area contributed by atoms with Crippen LogP contribution in [0.1, 0.15) is 21.6 Å². The number of hydrogen-bond donors (Lipinski definition) is 1. The number of fused-ring (bicyclic) bond motifs is 1. The Balaban J connectivity index is 1.13. The third-order valence-electron chi connectivity index (χ3n) is 5.16. The molecule has 5 nitrogen and oxygen atoms in total.